The molecule has 7 heteroatoms. The van der Waals surface area contributed by atoms with Gasteiger partial charge in [-0.1, -0.05) is 20.8 Å². The average molecular weight is 349 g/mol. The number of piperidine rings is 1. The third-order valence-electron chi connectivity index (χ3n) is 5.40. The molecule has 1 aromatic rings. The zero-order valence-electron chi connectivity index (χ0n) is 15.5. The molecule has 0 aliphatic carbocycles. The Hall–Kier alpha value is -2.31. The van der Waals surface area contributed by atoms with Gasteiger partial charge in [-0.3, -0.25) is 10.1 Å². The van der Waals surface area contributed by atoms with Crippen LogP contribution >= 0.6 is 0 Å². The number of likely N-dealkylation sites (tertiary alicyclic amines) is 1. The molecule has 138 valence electrons. The van der Waals surface area contributed by atoms with Crippen LogP contribution in [-0.4, -0.2) is 46.2 Å². The van der Waals surface area contributed by atoms with Gasteiger partial charge in [0.1, 0.15) is 0 Å². The van der Waals surface area contributed by atoms with E-state index in [1.54, 1.807) is 17.0 Å². The number of nitrogens with zero attached hydrogens (tertiary/aromatic N) is 3. The smallest absolute Gasteiger partial charge is 0.407 e. The molecule has 0 radical (unpaired) electrons. The highest BCUT2D eigenvalue weighted by Gasteiger charge is 2.45. The van der Waals surface area contributed by atoms with E-state index in [9.17, 15) is 20.0 Å². The monoisotopic (exact) mass is 349 g/mol. The molecular weight excluding hydrogens is 322 g/mol. The van der Waals surface area contributed by atoms with Crippen LogP contribution in [0, 0.1) is 15.5 Å². The first-order valence-electron chi connectivity index (χ1n) is 8.43. The zero-order valence-corrected chi connectivity index (χ0v) is 15.5. The molecule has 1 fully saturated rings. The number of nitro groups is 1. The molecule has 2 rings (SSSR count). The van der Waals surface area contributed by atoms with Gasteiger partial charge in [0.05, 0.1) is 4.92 Å². The van der Waals surface area contributed by atoms with Crippen LogP contribution in [0.25, 0.3) is 0 Å². The van der Waals surface area contributed by atoms with Gasteiger partial charge in [-0.05, 0) is 37.3 Å². The average Bonchev–Trinajstić information content (AvgIpc) is 2.53. The summed E-state index contributed by atoms with van der Waals surface area (Å²) in [5.41, 5.74) is 0.566. The molecule has 1 amide bonds. The van der Waals surface area contributed by atoms with E-state index in [4.69, 9.17) is 0 Å². The number of anilines is 1. The Labute approximate surface area is 148 Å². The summed E-state index contributed by atoms with van der Waals surface area (Å²) in [6.07, 6.45) is 0.537. The van der Waals surface area contributed by atoms with Gasteiger partial charge in [0.25, 0.3) is 5.69 Å². The number of hydrogen-bond acceptors (Lipinski definition) is 4. The first-order valence-corrected chi connectivity index (χ1v) is 8.43. The predicted molar refractivity (Wildman–Crippen MR) is 97.1 cm³/mol. The molecule has 2 atom stereocenters. The minimum Gasteiger partial charge on any atom is -0.465 e. The number of benzene rings is 1. The molecule has 1 aliphatic heterocycles. The van der Waals surface area contributed by atoms with Crippen molar-refractivity contribution >= 4 is 17.5 Å². The normalized spacial score (nSPS) is 24.0. The minimum atomic E-state index is -0.875. The number of non-ortho nitro benzene ring substituents is 1. The third kappa shape index (κ3) is 3.86. The van der Waals surface area contributed by atoms with E-state index in [0.717, 1.165) is 5.69 Å². The maximum absolute atomic E-state index is 11.6. The molecule has 25 heavy (non-hydrogen) atoms. The van der Waals surface area contributed by atoms with Crippen molar-refractivity contribution in [3.05, 3.63) is 34.4 Å². The van der Waals surface area contributed by atoms with E-state index in [1.807, 2.05) is 7.05 Å². The Bertz CT molecular complexity index is 653. The van der Waals surface area contributed by atoms with Gasteiger partial charge in [-0.25, -0.2) is 4.79 Å². The van der Waals surface area contributed by atoms with E-state index in [2.05, 4.69) is 32.6 Å². The highest BCUT2D eigenvalue weighted by atomic mass is 16.6. The van der Waals surface area contributed by atoms with Crippen molar-refractivity contribution in [3.8, 4) is 0 Å². The Balaban J connectivity index is 2.27. The Kier molecular flexibility index (Phi) is 4.97. The lowest BCUT2D eigenvalue weighted by molar-refractivity contribution is -0.384. The van der Waals surface area contributed by atoms with Crippen LogP contribution in [-0.2, 0) is 0 Å². The second-order valence-electron chi connectivity index (χ2n) is 8.14. The van der Waals surface area contributed by atoms with Crippen molar-refractivity contribution in [3.63, 3.8) is 0 Å². The summed E-state index contributed by atoms with van der Waals surface area (Å²) in [5.74, 6) is 0. The van der Waals surface area contributed by atoms with Crippen molar-refractivity contribution in [1.82, 2.24) is 4.90 Å². The van der Waals surface area contributed by atoms with E-state index >= 15 is 0 Å². The Morgan fingerprint density at radius 3 is 2.36 bits per heavy atom. The van der Waals surface area contributed by atoms with Gasteiger partial charge in [0, 0.05) is 43.0 Å². The fourth-order valence-corrected chi connectivity index (χ4v) is 3.56. The number of carbonyl (C=O) groups is 1. The summed E-state index contributed by atoms with van der Waals surface area (Å²) in [6, 6.07) is 6.41. The Morgan fingerprint density at radius 1 is 1.36 bits per heavy atom. The van der Waals surface area contributed by atoms with E-state index in [1.165, 1.54) is 12.1 Å². The highest BCUT2D eigenvalue weighted by molar-refractivity contribution is 5.66. The van der Waals surface area contributed by atoms with Crippen LogP contribution in [0.5, 0.6) is 0 Å². The molecule has 0 bridgehead atoms. The number of nitro benzene ring substituents is 1. The molecule has 1 aliphatic rings. The minimum absolute atomic E-state index is 0.0653. The number of carboxylic acid groups (broad SMARTS) is 1. The SMILES string of the molecule is CN(c1ccc([N+](=O)[O-])cc1)C1(C)CCN(C(=O)O)C(C(C)(C)C)C1. The topological polar surface area (TPSA) is 86.9 Å². The lowest BCUT2D eigenvalue weighted by Gasteiger charge is -2.52. The summed E-state index contributed by atoms with van der Waals surface area (Å²) >= 11 is 0. The van der Waals surface area contributed by atoms with E-state index in [-0.39, 0.29) is 22.7 Å². The molecule has 0 saturated carbocycles. The second-order valence-corrected chi connectivity index (χ2v) is 8.14. The summed E-state index contributed by atoms with van der Waals surface area (Å²) in [5, 5.41) is 20.4. The molecule has 0 spiro atoms. The summed E-state index contributed by atoms with van der Waals surface area (Å²) in [4.78, 5) is 25.7. The van der Waals surface area contributed by atoms with Gasteiger partial charge >= 0.3 is 6.09 Å². The van der Waals surface area contributed by atoms with Crippen molar-refractivity contribution < 1.29 is 14.8 Å². The second kappa shape index (κ2) is 6.54. The van der Waals surface area contributed by atoms with Crippen LogP contribution in [0.4, 0.5) is 16.2 Å². The standard InChI is InChI=1S/C18H27N3O4/c1-17(2,3)15-12-18(4,10-11-20(15)16(22)23)19(5)13-6-8-14(9-7-13)21(24)25/h6-9,15H,10-12H2,1-5H3,(H,22,23). The summed E-state index contributed by atoms with van der Waals surface area (Å²) in [6.45, 7) is 8.79. The predicted octanol–water partition coefficient (Wildman–Crippen LogP) is 3.98. The number of amides is 1. The fourth-order valence-electron chi connectivity index (χ4n) is 3.56. The highest BCUT2D eigenvalue weighted by Crippen LogP contribution is 2.40. The van der Waals surface area contributed by atoms with Crippen LogP contribution in [0.1, 0.15) is 40.5 Å². The molecule has 1 heterocycles. The zero-order chi connectivity index (χ0) is 19.0. The van der Waals surface area contributed by atoms with Crippen molar-refractivity contribution in [2.45, 2.75) is 52.1 Å². The van der Waals surface area contributed by atoms with Crippen molar-refractivity contribution in [1.29, 1.82) is 0 Å². The fraction of sp³-hybridized carbons (Fsp3) is 0.611. The van der Waals surface area contributed by atoms with Gasteiger partial charge < -0.3 is 14.9 Å². The molecule has 1 aromatic carbocycles. The third-order valence-corrected chi connectivity index (χ3v) is 5.40. The lowest BCUT2D eigenvalue weighted by Crippen LogP contribution is -2.60. The quantitative estimate of drug-likeness (QED) is 0.659. The first-order chi connectivity index (χ1) is 11.5. The van der Waals surface area contributed by atoms with E-state index in [0.29, 0.717) is 19.4 Å². The molecule has 7 nitrogen and oxygen atoms in total. The van der Waals surface area contributed by atoms with Gasteiger partial charge in [0.2, 0.25) is 0 Å². The van der Waals surface area contributed by atoms with Gasteiger partial charge in [-0.15, -0.1) is 0 Å². The molecule has 1 saturated heterocycles. The molecule has 0 aromatic heterocycles. The summed E-state index contributed by atoms with van der Waals surface area (Å²) in [7, 11) is 1.97. The number of rotatable bonds is 3. The largest absolute Gasteiger partial charge is 0.465 e. The Morgan fingerprint density at radius 2 is 1.92 bits per heavy atom. The number of hydrogen-bond donors (Lipinski definition) is 1. The maximum atomic E-state index is 11.6. The van der Waals surface area contributed by atoms with Crippen LogP contribution in [0.2, 0.25) is 0 Å². The van der Waals surface area contributed by atoms with Crippen LogP contribution < -0.4 is 4.90 Å². The van der Waals surface area contributed by atoms with Crippen molar-refractivity contribution in [2.75, 3.05) is 18.5 Å². The first kappa shape index (κ1) is 19.0. The van der Waals surface area contributed by atoms with E-state index < -0.39 is 11.0 Å². The summed E-state index contributed by atoms with van der Waals surface area (Å²) < 4.78 is 0. The molecule has 1 N–H and O–H groups in total. The van der Waals surface area contributed by atoms with Crippen molar-refractivity contribution in [2.24, 2.45) is 5.41 Å². The van der Waals surface area contributed by atoms with Gasteiger partial charge in [0.15, 0.2) is 0 Å². The maximum Gasteiger partial charge on any atom is 0.407 e. The van der Waals surface area contributed by atoms with Crippen LogP contribution in [0.15, 0.2) is 24.3 Å². The molecular formula is C18H27N3O4. The van der Waals surface area contributed by atoms with Crippen LogP contribution in [0.3, 0.4) is 0 Å². The molecule has 2 unspecified atom stereocenters. The van der Waals surface area contributed by atoms with Gasteiger partial charge in [-0.2, -0.15) is 0 Å². The lowest BCUT2D eigenvalue weighted by atomic mass is 9.73.